The largest absolute Gasteiger partial charge is 0.311 e. The molecule has 2 bridgehead atoms. The van der Waals surface area contributed by atoms with E-state index in [0.29, 0.717) is 0 Å². The molecule has 3 saturated heterocycles. The molecule has 1 N–H and O–H groups in total. The van der Waals surface area contributed by atoms with Crippen molar-refractivity contribution in [2.75, 3.05) is 26.7 Å². The van der Waals surface area contributed by atoms with E-state index in [2.05, 4.69) is 29.1 Å². The van der Waals surface area contributed by atoms with Gasteiger partial charge in [0.25, 0.3) is 0 Å². The standard InChI is InChI=1S/C15H29N3/c1-3-18-8-6-14(7-9-18)17(2)15-10-12-4-5-13(11-15)16-12/h12-16H,3-11H2,1-2H3. The number of nitrogens with one attached hydrogen (secondary N) is 1. The lowest BCUT2D eigenvalue weighted by atomic mass is 9.94. The van der Waals surface area contributed by atoms with Crippen molar-refractivity contribution in [1.82, 2.24) is 15.1 Å². The Morgan fingerprint density at radius 1 is 1.00 bits per heavy atom. The maximum Gasteiger partial charge on any atom is 0.0125 e. The van der Waals surface area contributed by atoms with Crippen LogP contribution in [0, 0.1) is 0 Å². The summed E-state index contributed by atoms with van der Waals surface area (Å²) >= 11 is 0. The molecule has 3 heterocycles. The molecule has 3 fully saturated rings. The van der Waals surface area contributed by atoms with Gasteiger partial charge in [-0.3, -0.25) is 0 Å². The van der Waals surface area contributed by atoms with Crippen LogP contribution in [0.5, 0.6) is 0 Å². The lowest BCUT2D eigenvalue weighted by Gasteiger charge is -2.43. The van der Waals surface area contributed by atoms with Gasteiger partial charge in [-0.15, -0.1) is 0 Å². The summed E-state index contributed by atoms with van der Waals surface area (Å²) in [7, 11) is 2.39. The molecule has 0 aromatic heterocycles. The summed E-state index contributed by atoms with van der Waals surface area (Å²) in [5.41, 5.74) is 0. The van der Waals surface area contributed by atoms with E-state index in [9.17, 15) is 0 Å². The molecule has 0 aliphatic carbocycles. The summed E-state index contributed by atoms with van der Waals surface area (Å²) in [6.45, 7) is 6.13. The second kappa shape index (κ2) is 5.48. The van der Waals surface area contributed by atoms with Crippen molar-refractivity contribution < 1.29 is 0 Å². The molecule has 2 unspecified atom stereocenters. The van der Waals surface area contributed by atoms with Crippen molar-refractivity contribution in [3.63, 3.8) is 0 Å². The van der Waals surface area contributed by atoms with Gasteiger partial charge in [-0.25, -0.2) is 0 Å². The van der Waals surface area contributed by atoms with Crippen LogP contribution in [0.1, 0.15) is 45.4 Å². The van der Waals surface area contributed by atoms with Crippen LogP contribution in [-0.2, 0) is 0 Å². The monoisotopic (exact) mass is 251 g/mol. The average molecular weight is 251 g/mol. The van der Waals surface area contributed by atoms with Gasteiger partial charge in [-0.1, -0.05) is 6.92 Å². The molecule has 3 aliphatic heterocycles. The van der Waals surface area contributed by atoms with Crippen LogP contribution in [-0.4, -0.2) is 60.6 Å². The number of likely N-dealkylation sites (tertiary alicyclic amines) is 1. The Morgan fingerprint density at radius 2 is 1.61 bits per heavy atom. The van der Waals surface area contributed by atoms with Gasteiger partial charge in [-0.05, 0) is 65.2 Å². The number of piperidine rings is 2. The minimum absolute atomic E-state index is 0.826. The van der Waals surface area contributed by atoms with Gasteiger partial charge in [0.15, 0.2) is 0 Å². The van der Waals surface area contributed by atoms with Gasteiger partial charge in [-0.2, -0.15) is 0 Å². The SMILES string of the molecule is CCN1CCC(N(C)C2CC3CCC(C2)N3)CC1. The zero-order valence-electron chi connectivity index (χ0n) is 12.1. The van der Waals surface area contributed by atoms with Crippen molar-refractivity contribution in [2.24, 2.45) is 0 Å². The van der Waals surface area contributed by atoms with Crippen LogP contribution in [0.4, 0.5) is 0 Å². The van der Waals surface area contributed by atoms with Crippen LogP contribution >= 0.6 is 0 Å². The third-order valence-corrected chi connectivity index (χ3v) is 5.60. The first-order valence-electron chi connectivity index (χ1n) is 7.96. The van der Waals surface area contributed by atoms with Gasteiger partial charge in [0, 0.05) is 24.2 Å². The van der Waals surface area contributed by atoms with Crippen molar-refractivity contribution in [1.29, 1.82) is 0 Å². The topological polar surface area (TPSA) is 18.5 Å². The predicted octanol–water partition coefficient (Wildman–Crippen LogP) is 1.69. The van der Waals surface area contributed by atoms with Crippen LogP contribution in [0.2, 0.25) is 0 Å². The van der Waals surface area contributed by atoms with Crippen LogP contribution in [0.25, 0.3) is 0 Å². The summed E-state index contributed by atoms with van der Waals surface area (Å²) in [5, 5.41) is 3.76. The van der Waals surface area contributed by atoms with Gasteiger partial charge in [0.05, 0.1) is 0 Å². The molecule has 3 nitrogen and oxygen atoms in total. The molecular weight excluding hydrogens is 222 g/mol. The molecule has 0 saturated carbocycles. The Labute approximate surface area is 112 Å². The normalized spacial score (nSPS) is 38.5. The van der Waals surface area contributed by atoms with Crippen molar-refractivity contribution in [3.8, 4) is 0 Å². The zero-order chi connectivity index (χ0) is 12.5. The van der Waals surface area contributed by atoms with Gasteiger partial charge < -0.3 is 15.1 Å². The maximum atomic E-state index is 3.76. The number of fused-ring (bicyclic) bond motifs is 2. The molecular formula is C15H29N3. The Kier molecular flexibility index (Phi) is 3.92. The third kappa shape index (κ3) is 2.59. The fourth-order valence-electron chi connectivity index (χ4n) is 4.30. The lowest BCUT2D eigenvalue weighted by Crippen LogP contribution is -2.52. The highest BCUT2D eigenvalue weighted by Gasteiger charge is 2.37. The molecule has 18 heavy (non-hydrogen) atoms. The van der Waals surface area contributed by atoms with Gasteiger partial charge >= 0.3 is 0 Å². The summed E-state index contributed by atoms with van der Waals surface area (Å²) in [5.74, 6) is 0. The predicted molar refractivity (Wildman–Crippen MR) is 75.9 cm³/mol. The van der Waals surface area contributed by atoms with E-state index in [1.807, 2.05) is 0 Å². The molecule has 2 atom stereocenters. The van der Waals surface area contributed by atoms with Gasteiger partial charge in [0.1, 0.15) is 0 Å². The van der Waals surface area contributed by atoms with E-state index in [-0.39, 0.29) is 0 Å². The Morgan fingerprint density at radius 3 is 2.17 bits per heavy atom. The number of nitrogens with zero attached hydrogens (tertiary/aromatic N) is 2. The number of rotatable bonds is 3. The zero-order valence-corrected chi connectivity index (χ0v) is 12.1. The Bertz CT molecular complexity index is 261. The van der Waals surface area contributed by atoms with E-state index in [4.69, 9.17) is 0 Å². The second-order valence-corrected chi connectivity index (χ2v) is 6.59. The van der Waals surface area contributed by atoms with Crippen LogP contribution in [0.3, 0.4) is 0 Å². The summed E-state index contributed by atoms with van der Waals surface area (Å²) < 4.78 is 0. The average Bonchev–Trinajstić information content (AvgIpc) is 2.77. The van der Waals surface area contributed by atoms with Crippen LogP contribution < -0.4 is 5.32 Å². The fraction of sp³-hybridized carbons (Fsp3) is 1.00. The lowest BCUT2D eigenvalue weighted by molar-refractivity contribution is 0.0756. The Hall–Kier alpha value is -0.120. The third-order valence-electron chi connectivity index (χ3n) is 5.60. The van der Waals surface area contributed by atoms with Crippen LogP contribution in [0.15, 0.2) is 0 Å². The first-order valence-corrected chi connectivity index (χ1v) is 7.96. The first kappa shape index (κ1) is 12.9. The number of hydrogen-bond acceptors (Lipinski definition) is 3. The molecule has 3 heteroatoms. The molecule has 0 spiro atoms. The minimum Gasteiger partial charge on any atom is -0.311 e. The molecule has 0 amide bonds. The van der Waals surface area contributed by atoms with E-state index >= 15 is 0 Å². The summed E-state index contributed by atoms with van der Waals surface area (Å²) in [6, 6.07) is 3.34. The highest BCUT2D eigenvalue weighted by molar-refractivity contribution is 4.96. The van der Waals surface area contributed by atoms with E-state index < -0.39 is 0 Å². The van der Waals surface area contributed by atoms with Crippen molar-refractivity contribution >= 4 is 0 Å². The van der Waals surface area contributed by atoms with E-state index in [1.54, 1.807) is 0 Å². The fourth-order valence-corrected chi connectivity index (χ4v) is 4.30. The molecule has 3 aliphatic rings. The molecule has 0 aromatic carbocycles. The van der Waals surface area contributed by atoms with Crippen molar-refractivity contribution in [3.05, 3.63) is 0 Å². The molecule has 3 rings (SSSR count). The molecule has 0 aromatic rings. The maximum absolute atomic E-state index is 3.76. The molecule has 104 valence electrons. The van der Waals surface area contributed by atoms with Gasteiger partial charge in [0.2, 0.25) is 0 Å². The summed E-state index contributed by atoms with van der Waals surface area (Å²) in [4.78, 5) is 5.33. The number of hydrogen-bond donors (Lipinski definition) is 1. The van der Waals surface area contributed by atoms with E-state index in [1.165, 1.54) is 58.2 Å². The highest BCUT2D eigenvalue weighted by Crippen LogP contribution is 2.31. The smallest absolute Gasteiger partial charge is 0.0125 e. The van der Waals surface area contributed by atoms with Crippen molar-refractivity contribution in [2.45, 2.75) is 69.6 Å². The van der Waals surface area contributed by atoms with E-state index in [0.717, 1.165) is 24.2 Å². The second-order valence-electron chi connectivity index (χ2n) is 6.59. The molecule has 0 radical (unpaired) electrons. The summed E-state index contributed by atoms with van der Waals surface area (Å²) in [6.07, 6.45) is 8.38. The first-order chi connectivity index (χ1) is 8.76. The highest BCUT2D eigenvalue weighted by atomic mass is 15.2. The Balaban J connectivity index is 1.53. The quantitative estimate of drug-likeness (QED) is 0.823. The minimum atomic E-state index is 0.826.